The standard InChI is InChI=1S/C18H20ClFN2O3/c1-22(10-12-4-7-16(24-2)17(8-12)25-3)11-18(23)21-15-9-13(19)5-6-14(15)20/h4-9H,10-11H2,1-3H3,(H,21,23)/p+1. The number of benzene rings is 2. The van der Waals surface area contributed by atoms with Gasteiger partial charge in [0.05, 0.1) is 27.0 Å². The quantitative estimate of drug-likeness (QED) is 0.788. The van der Waals surface area contributed by atoms with Crippen LogP contribution in [0, 0.1) is 5.82 Å². The van der Waals surface area contributed by atoms with Gasteiger partial charge in [-0.1, -0.05) is 11.6 Å². The summed E-state index contributed by atoms with van der Waals surface area (Å²) in [5.41, 5.74) is 1.08. The van der Waals surface area contributed by atoms with Crippen LogP contribution in [0.1, 0.15) is 5.56 Å². The van der Waals surface area contributed by atoms with Crippen molar-refractivity contribution in [1.82, 2.24) is 0 Å². The summed E-state index contributed by atoms with van der Waals surface area (Å²) in [6, 6.07) is 9.65. The molecule has 2 N–H and O–H groups in total. The number of nitrogens with one attached hydrogen (secondary N) is 2. The normalized spacial score (nSPS) is 11.7. The zero-order valence-electron chi connectivity index (χ0n) is 14.4. The molecule has 0 aliphatic carbocycles. The number of halogens is 2. The van der Waals surface area contributed by atoms with Crippen LogP contribution in [0.15, 0.2) is 36.4 Å². The lowest BCUT2D eigenvalue weighted by molar-refractivity contribution is -0.885. The number of carbonyl (C=O) groups excluding carboxylic acids is 1. The van der Waals surface area contributed by atoms with E-state index in [2.05, 4.69) is 5.32 Å². The van der Waals surface area contributed by atoms with E-state index in [0.717, 1.165) is 10.5 Å². The summed E-state index contributed by atoms with van der Waals surface area (Å²) in [6.07, 6.45) is 0. The fourth-order valence-corrected chi connectivity index (χ4v) is 2.64. The van der Waals surface area contributed by atoms with E-state index >= 15 is 0 Å². The number of hydrogen-bond acceptors (Lipinski definition) is 3. The van der Waals surface area contributed by atoms with Crippen LogP contribution >= 0.6 is 11.6 Å². The second-order valence-corrected chi connectivity index (χ2v) is 6.11. The molecule has 25 heavy (non-hydrogen) atoms. The first kappa shape index (κ1) is 19.0. The minimum absolute atomic E-state index is 0.0800. The molecule has 5 nitrogen and oxygen atoms in total. The number of methoxy groups -OCH3 is 2. The van der Waals surface area contributed by atoms with Gasteiger partial charge in [-0.25, -0.2) is 4.39 Å². The largest absolute Gasteiger partial charge is 0.493 e. The first-order chi connectivity index (χ1) is 11.9. The molecule has 0 heterocycles. The van der Waals surface area contributed by atoms with Gasteiger partial charge in [0.1, 0.15) is 12.4 Å². The Bertz CT molecular complexity index is 755. The van der Waals surface area contributed by atoms with Gasteiger partial charge in [-0.15, -0.1) is 0 Å². The fourth-order valence-electron chi connectivity index (χ4n) is 2.46. The summed E-state index contributed by atoms with van der Waals surface area (Å²) in [4.78, 5) is 13.1. The van der Waals surface area contributed by atoms with Crippen LogP contribution in [0.25, 0.3) is 0 Å². The van der Waals surface area contributed by atoms with E-state index in [1.807, 2.05) is 25.2 Å². The second kappa shape index (κ2) is 8.69. The van der Waals surface area contributed by atoms with Crippen molar-refractivity contribution in [2.24, 2.45) is 0 Å². The third-order valence-electron chi connectivity index (χ3n) is 3.62. The number of amides is 1. The molecule has 0 aliphatic heterocycles. The molecule has 0 bridgehead atoms. The van der Waals surface area contributed by atoms with Crippen LogP contribution in [0.2, 0.25) is 5.02 Å². The van der Waals surface area contributed by atoms with Gasteiger partial charge in [-0.05, 0) is 36.4 Å². The molecule has 2 aromatic rings. The summed E-state index contributed by atoms with van der Waals surface area (Å²) in [5, 5.41) is 2.91. The van der Waals surface area contributed by atoms with Crippen molar-refractivity contribution in [2.75, 3.05) is 33.1 Å². The summed E-state index contributed by atoms with van der Waals surface area (Å²) in [5.74, 6) is 0.478. The van der Waals surface area contributed by atoms with Gasteiger partial charge in [0, 0.05) is 10.6 Å². The first-order valence-corrected chi connectivity index (χ1v) is 8.08. The lowest BCUT2D eigenvalue weighted by Gasteiger charge is -2.15. The SMILES string of the molecule is COc1ccc(C[NH+](C)CC(=O)Nc2cc(Cl)ccc2F)cc1OC. The lowest BCUT2D eigenvalue weighted by Crippen LogP contribution is -3.08. The zero-order chi connectivity index (χ0) is 18.4. The van der Waals surface area contributed by atoms with Crippen molar-refractivity contribution in [2.45, 2.75) is 6.54 Å². The van der Waals surface area contributed by atoms with E-state index in [0.29, 0.717) is 23.1 Å². The molecule has 0 fully saturated rings. The Hall–Kier alpha value is -2.31. The Balaban J connectivity index is 1.96. The Morgan fingerprint density at radius 2 is 1.88 bits per heavy atom. The Morgan fingerprint density at radius 1 is 1.16 bits per heavy atom. The zero-order valence-corrected chi connectivity index (χ0v) is 15.1. The molecular weight excluding hydrogens is 347 g/mol. The molecule has 0 aliphatic rings. The van der Waals surface area contributed by atoms with E-state index in [9.17, 15) is 9.18 Å². The average Bonchev–Trinajstić information content (AvgIpc) is 2.57. The van der Waals surface area contributed by atoms with Crippen molar-refractivity contribution < 1.29 is 23.6 Å². The molecular formula is C18H21ClFN2O3+. The molecule has 0 spiro atoms. The van der Waals surface area contributed by atoms with Crippen LogP contribution in [0.5, 0.6) is 11.5 Å². The number of ether oxygens (including phenoxy) is 2. The van der Waals surface area contributed by atoms with Gasteiger partial charge in [0.2, 0.25) is 0 Å². The van der Waals surface area contributed by atoms with Crippen molar-refractivity contribution in [3.05, 3.63) is 52.8 Å². The van der Waals surface area contributed by atoms with Crippen molar-refractivity contribution in [3.8, 4) is 11.5 Å². The Labute approximate surface area is 151 Å². The summed E-state index contributed by atoms with van der Waals surface area (Å²) < 4.78 is 24.1. The van der Waals surface area contributed by atoms with Crippen LogP contribution in [-0.2, 0) is 11.3 Å². The summed E-state index contributed by atoms with van der Waals surface area (Å²) >= 11 is 5.82. The fraction of sp³-hybridized carbons (Fsp3) is 0.278. The van der Waals surface area contributed by atoms with Gasteiger partial charge in [-0.2, -0.15) is 0 Å². The van der Waals surface area contributed by atoms with Crippen molar-refractivity contribution >= 4 is 23.2 Å². The van der Waals surface area contributed by atoms with Crippen LogP contribution < -0.4 is 19.7 Å². The molecule has 0 aromatic heterocycles. The lowest BCUT2D eigenvalue weighted by atomic mass is 10.2. The van der Waals surface area contributed by atoms with Gasteiger partial charge >= 0.3 is 0 Å². The van der Waals surface area contributed by atoms with Gasteiger partial charge < -0.3 is 19.7 Å². The molecule has 2 aromatic carbocycles. The highest BCUT2D eigenvalue weighted by molar-refractivity contribution is 6.30. The number of hydrogen-bond donors (Lipinski definition) is 2. The molecule has 134 valence electrons. The molecule has 1 atom stereocenters. The van der Waals surface area contributed by atoms with E-state index < -0.39 is 5.82 Å². The van der Waals surface area contributed by atoms with E-state index in [1.165, 1.54) is 18.2 Å². The number of anilines is 1. The van der Waals surface area contributed by atoms with Crippen LogP contribution in [-0.4, -0.2) is 33.7 Å². The minimum Gasteiger partial charge on any atom is -0.493 e. The highest BCUT2D eigenvalue weighted by atomic mass is 35.5. The summed E-state index contributed by atoms with van der Waals surface area (Å²) in [7, 11) is 5.03. The van der Waals surface area contributed by atoms with E-state index in [1.54, 1.807) is 14.2 Å². The minimum atomic E-state index is -0.518. The average molecular weight is 368 g/mol. The molecule has 0 radical (unpaired) electrons. The predicted molar refractivity (Wildman–Crippen MR) is 95.0 cm³/mol. The Kier molecular flexibility index (Phi) is 6.61. The Morgan fingerprint density at radius 3 is 2.56 bits per heavy atom. The molecule has 1 unspecified atom stereocenters. The van der Waals surface area contributed by atoms with Gasteiger partial charge in [0.15, 0.2) is 18.0 Å². The number of quaternary nitrogens is 1. The smallest absolute Gasteiger partial charge is 0.279 e. The monoisotopic (exact) mass is 367 g/mol. The van der Waals surface area contributed by atoms with Crippen LogP contribution in [0.4, 0.5) is 10.1 Å². The highest BCUT2D eigenvalue weighted by Gasteiger charge is 2.14. The summed E-state index contributed by atoms with van der Waals surface area (Å²) in [6.45, 7) is 0.784. The highest BCUT2D eigenvalue weighted by Crippen LogP contribution is 2.27. The predicted octanol–water partition coefficient (Wildman–Crippen LogP) is 2.15. The van der Waals surface area contributed by atoms with Crippen molar-refractivity contribution in [3.63, 3.8) is 0 Å². The maximum absolute atomic E-state index is 13.7. The van der Waals surface area contributed by atoms with Crippen LogP contribution in [0.3, 0.4) is 0 Å². The number of likely N-dealkylation sites (N-methyl/N-ethyl adjacent to an activating group) is 1. The number of rotatable bonds is 7. The molecule has 1 amide bonds. The third kappa shape index (κ3) is 5.34. The molecule has 0 saturated heterocycles. The van der Waals surface area contributed by atoms with Gasteiger partial charge in [0.25, 0.3) is 5.91 Å². The van der Waals surface area contributed by atoms with E-state index in [4.69, 9.17) is 21.1 Å². The van der Waals surface area contributed by atoms with E-state index in [-0.39, 0.29) is 18.1 Å². The maximum Gasteiger partial charge on any atom is 0.279 e. The molecule has 2 rings (SSSR count). The van der Waals surface area contributed by atoms with Gasteiger partial charge in [-0.3, -0.25) is 4.79 Å². The topological polar surface area (TPSA) is 52.0 Å². The molecule has 7 heteroatoms. The third-order valence-corrected chi connectivity index (χ3v) is 3.85. The second-order valence-electron chi connectivity index (χ2n) is 5.67. The maximum atomic E-state index is 13.7. The first-order valence-electron chi connectivity index (χ1n) is 7.70. The van der Waals surface area contributed by atoms with Crippen molar-refractivity contribution in [1.29, 1.82) is 0 Å². The number of carbonyl (C=O) groups is 1. The molecule has 0 saturated carbocycles.